The molecule has 0 spiro atoms. The summed E-state index contributed by atoms with van der Waals surface area (Å²) in [4.78, 5) is 11.1. The predicted octanol–water partition coefficient (Wildman–Crippen LogP) is 2.53. The van der Waals surface area contributed by atoms with Gasteiger partial charge in [0.1, 0.15) is 5.75 Å². The van der Waals surface area contributed by atoms with E-state index in [1.165, 1.54) is 0 Å². The van der Waals surface area contributed by atoms with Gasteiger partial charge in [0.15, 0.2) is 6.29 Å². The molecule has 0 saturated carbocycles. The lowest BCUT2D eigenvalue weighted by molar-refractivity contribution is 0.112. The van der Waals surface area contributed by atoms with Crippen LogP contribution in [0.5, 0.6) is 5.75 Å². The molecule has 18 heavy (non-hydrogen) atoms. The van der Waals surface area contributed by atoms with Gasteiger partial charge in [-0.25, -0.2) is 0 Å². The number of aldehydes is 1. The highest BCUT2D eigenvalue weighted by atomic mass is 16.5. The Morgan fingerprint density at radius 1 is 1.28 bits per heavy atom. The standard InChI is InChI=1S/C14H16N2O2/c1-9-10(2)13(18-4)6-5-12(9)14-11(8-17)7-15-16(14)3/h5-8H,1-4H3. The van der Waals surface area contributed by atoms with Crippen molar-refractivity contribution >= 4 is 6.29 Å². The van der Waals surface area contributed by atoms with E-state index in [-0.39, 0.29) is 0 Å². The summed E-state index contributed by atoms with van der Waals surface area (Å²) in [6.07, 6.45) is 2.42. The van der Waals surface area contributed by atoms with Gasteiger partial charge < -0.3 is 4.74 Å². The monoisotopic (exact) mass is 244 g/mol. The third-order valence-electron chi connectivity index (χ3n) is 3.31. The molecule has 4 nitrogen and oxygen atoms in total. The number of carbonyl (C=O) groups excluding carboxylic acids is 1. The van der Waals surface area contributed by atoms with Crippen molar-refractivity contribution in [2.75, 3.05) is 7.11 Å². The van der Waals surface area contributed by atoms with Gasteiger partial charge in [-0.2, -0.15) is 5.10 Å². The lowest BCUT2D eigenvalue weighted by atomic mass is 9.98. The van der Waals surface area contributed by atoms with Crippen LogP contribution in [0.15, 0.2) is 18.3 Å². The van der Waals surface area contributed by atoms with Crippen LogP contribution in [0, 0.1) is 13.8 Å². The van der Waals surface area contributed by atoms with Crippen molar-refractivity contribution in [3.8, 4) is 17.0 Å². The zero-order valence-electron chi connectivity index (χ0n) is 11.0. The molecule has 0 fully saturated rings. The molecule has 0 radical (unpaired) electrons. The number of carbonyl (C=O) groups is 1. The summed E-state index contributed by atoms with van der Waals surface area (Å²) in [5, 5.41) is 4.13. The van der Waals surface area contributed by atoms with Gasteiger partial charge in [0.25, 0.3) is 0 Å². The van der Waals surface area contributed by atoms with Crippen LogP contribution in [0.25, 0.3) is 11.3 Å². The molecule has 2 aromatic rings. The van der Waals surface area contributed by atoms with Gasteiger partial charge in [0.05, 0.1) is 24.6 Å². The molecule has 0 aliphatic carbocycles. The number of hydrogen-bond donors (Lipinski definition) is 0. The second kappa shape index (κ2) is 4.64. The van der Waals surface area contributed by atoms with Gasteiger partial charge in [-0.15, -0.1) is 0 Å². The summed E-state index contributed by atoms with van der Waals surface area (Å²) in [5.41, 5.74) is 4.63. The first-order valence-corrected chi connectivity index (χ1v) is 5.72. The Kier molecular flexibility index (Phi) is 3.19. The third-order valence-corrected chi connectivity index (χ3v) is 3.31. The molecule has 0 unspecified atom stereocenters. The second-order valence-electron chi connectivity index (χ2n) is 4.26. The van der Waals surface area contributed by atoms with Gasteiger partial charge in [-0.3, -0.25) is 9.48 Å². The molecule has 2 rings (SSSR count). The van der Waals surface area contributed by atoms with Gasteiger partial charge in [0, 0.05) is 12.6 Å². The van der Waals surface area contributed by atoms with Crippen LogP contribution in [-0.2, 0) is 7.05 Å². The van der Waals surface area contributed by atoms with E-state index in [9.17, 15) is 4.79 Å². The highest BCUT2D eigenvalue weighted by Crippen LogP contribution is 2.32. The molecule has 0 saturated heterocycles. The van der Waals surface area contributed by atoms with Gasteiger partial charge in [-0.05, 0) is 37.1 Å². The van der Waals surface area contributed by atoms with Crippen molar-refractivity contribution < 1.29 is 9.53 Å². The number of ether oxygens (including phenoxy) is 1. The maximum atomic E-state index is 11.1. The topological polar surface area (TPSA) is 44.1 Å². The first-order valence-electron chi connectivity index (χ1n) is 5.72. The first-order chi connectivity index (χ1) is 8.60. The molecule has 0 N–H and O–H groups in total. The van der Waals surface area contributed by atoms with Crippen LogP contribution in [0.3, 0.4) is 0 Å². The fourth-order valence-electron chi connectivity index (χ4n) is 2.14. The maximum Gasteiger partial charge on any atom is 0.153 e. The normalized spacial score (nSPS) is 10.4. The molecule has 1 heterocycles. The number of rotatable bonds is 3. The molecule has 0 bridgehead atoms. The summed E-state index contributed by atoms with van der Waals surface area (Å²) in [6, 6.07) is 3.88. The Labute approximate surface area is 106 Å². The van der Waals surface area contributed by atoms with Crippen molar-refractivity contribution in [1.82, 2.24) is 9.78 Å². The van der Waals surface area contributed by atoms with E-state index in [2.05, 4.69) is 5.10 Å². The number of aryl methyl sites for hydroxylation is 1. The molecule has 1 aromatic heterocycles. The van der Waals surface area contributed by atoms with Crippen molar-refractivity contribution in [1.29, 1.82) is 0 Å². The number of methoxy groups -OCH3 is 1. The van der Waals surface area contributed by atoms with E-state index >= 15 is 0 Å². The Balaban J connectivity index is 2.68. The van der Waals surface area contributed by atoms with E-state index < -0.39 is 0 Å². The van der Waals surface area contributed by atoms with Gasteiger partial charge in [0.2, 0.25) is 0 Å². The smallest absolute Gasteiger partial charge is 0.153 e. The summed E-state index contributed by atoms with van der Waals surface area (Å²) in [5.74, 6) is 0.853. The zero-order chi connectivity index (χ0) is 13.3. The first kappa shape index (κ1) is 12.4. The van der Waals surface area contributed by atoms with Crippen molar-refractivity contribution in [2.45, 2.75) is 13.8 Å². The molecule has 0 aliphatic heterocycles. The number of hydrogen-bond acceptors (Lipinski definition) is 3. The average molecular weight is 244 g/mol. The third kappa shape index (κ3) is 1.79. The Hall–Kier alpha value is -2.10. The number of aromatic nitrogens is 2. The van der Waals surface area contributed by atoms with Crippen LogP contribution in [0.4, 0.5) is 0 Å². The molecular weight excluding hydrogens is 228 g/mol. The molecule has 94 valence electrons. The van der Waals surface area contributed by atoms with Crippen molar-refractivity contribution in [3.63, 3.8) is 0 Å². The number of benzene rings is 1. The Bertz CT molecular complexity index is 600. The van der Waals surface area contributed by atoms with Crippen LogP contribution in [0.1, 0.15) is 21.5 Å². The largest absolute Gasteiger partial charge is 0.496 e. The van der Waals surface area contributed by atoms with E-state index in [1.807, 2.05) is 33.0 Å². The van der Waals surface area contributed by atoms with E-state index in [4.69, 9.17) is 4.74 Å². The van der Waals surface area contributed by atoms with Gasteiger partial charge in [-0.1, -0.05) is 0 Å². The van der Waals surface area contributed by atoms with Crippen LogP contribution in [-0.4, -0.2) is 23.2 Å². The predicted molar refractivity (Wildman–Crippen MR) is 70.1 cm³/mol. The highest BCUT2D eigenvalue weighted by Gasteiger charge is 2.15. The summed E-state index contributed by atoms with van der Waals surface area (Å²) >= 11 is 0. The molecular formula is C14H16N2O2. The minimum atomic E-state index is 0.602. The lowest BCUT2D eigenvalue weighted by Crippen LogP contribution is -1.99. The fourth-order valence-corrected chi connectivity index (χ4v) is 2.14. The summed E-state index contributed by atoms with van der Waals surface area (Å²) in [7, 11) is 3.49. The van der Waals surface area contributed by atoms with Gasteiger partial charge >= 0.3 is 0 Å². The molecule has 0 amide bonds. The zero-order valence-corrected chi connectivity index (χ0v) is 11.0. The fraction of sp³-hybridized carbons (Fsp3) is 0.286. The molecule has 1 aromatic carbocycles. The molecule has 0 atom stereocenters. The molecule has 4 heteroatoms. The molecule has 0 aliphatic rings. The quantitative estimate of drug-likeness (QED) is 0.779. The van der Waals surface area contributed by atoms with E-state index in [1.54, 1.807) is 18.0 Å². The summed E-state index contributed by atoms with van der Waals surface area (Å²) in [6.45, 7) is 4.03. The average Bonchev–Trinajstić information content (AvgIpc) is 2.74. The highest BCUT2D eigenvalue weighted by molar-refractivity contribution is 5.86. The number of nitrogens with zero attached hydrogens (tertiary/aromatic N) is 2. The minimum Gasteiger partial charge on any atom is -0.496 e. The second-order valence-corrected chi connectivity index (χ2v) is 4.26. The lowest BCUT2D eigenvalue weighted by Gasteiger charge is -2.13. The Morgan fingerprint density at radius 2 is 2.00 bits per heavy atom. The van der Waals surface area contributed by atoms with Crippen LogP contribution in [0.2, 0.25) is 0 Å². The van der Waals surface area contributed by atoms with Crippen LogP contribution < -0.4 is 4.74 Å². The maximum absolute atomic E-state index is 11.1. The minimum absolute atomic E-state index is 0.602. The SMILES string of the molecule is COc1ccc(-c2c(C=O)cnn2C)c(C)c1C. The van der Waals surface area contributed by atoms with Crippen molar-refractivity contribution in [2.24, 2.45) is 7.05 Å². The van der Waals surface area contributed by atoms with Crippen molar-refractivity contribution in [3.05, 3.63) is 35.0 Å². The van der Waals surface area contributed by atoms with E-state index in [0.717, 1.165) is 34.4 Å². The van der Waals surface area contributed by atoms with E-state index in [0.29, 0.717) is 5.56 Å². The van der Waals surface area contributed by atoms with Crippen LogP contribution >= 0.6 is 0 Å². The summed E-state index contributed by atoms with van der Waals surface area (Å²) < 4.78 is 7.01. The Morgan fingerprint density at radius 3 is 2.61 bits per heavy atom.